The smallest absolute Gasteiger partial charge is 0.0300 e. The summed E-state index contributed by atoms with van der Waals surface area (Å²) in [6, 6.07) is 4.82. The van der Waals surface area contributed by atoms with E-state index in [1.807, 2.05) is 18.5 Å². The zero-order chi connectivity index (χ0) is 14.0. The molecule has 1 fully saturated rings. The van der Waals surface area contributed by atoms with E-state index in [-0.39, 0.29) is 0 Å². The lowest BCUT2D eigenvalue weighted by Gasteiger charge is -2.24. The molecule has 0 spiro atoms. The lowest BCUT2D eigenvalue weighted by atomic mass is 10.0. The molecule has 3 heteroatoms. The molecule has 1 aromatic rings. The Bertz CT molecular complexity index is 349. The van der Waals surface area contributed by atoms with Crippen molar-refractivity contribution in [1.29, 1.82) is 0 Å². The lowest BCUT2D eigenvalue weighted by Crippen LogP contribution is -2.34. The fraction of sp³-hybridized carbons (Fsp3) is 0.706. The normalized spacial score (nSPS) is 18.1. The van der Waals surface area contributed by atoms with Crippen LogP contribution in [-0.2, 0) is 6.42 Å². The zero-order valence-corrected chi connectivity index (χ0v) is 13.5. The number of pyridine rings is 1. The van der Waals surface area contributed by atoms with Gasteiger partial charge in [0.15, 0.2) is 0 Å². The van der Waals surface area contributed by atoms with E-state index in [2.05, 4.69) is 35.1 Å². The molecule has 112 valence electrons. The lowest BCUT2D eigenvalue weighted by molar-refractivity contribution is 0.511. The van der Waals surface area contributed by atoms with Gasteiger partial charge in [0.25, 0.3) is 0 Å². The van der Waals surface area contributed by atoms with Crippen LogP contribution in [0.2, 0.25) is 0 Å². The summed E-state index contributed by atoms with van der Waals surface area (Å²) in [6.45, 7) is 3.36. The van der Waals surface area contributed by atoms with Crippen LogP contribution >= 0.6 is 11.8 Å². The second-order valence-electron chi connectivity index (χ2n) is 5.81. The molecule has 1 heterocycles. The molecular weight excluding hydrogens is 264 g/mol. The van der Waals surface area contributed by atoms with Crippen LogP contribution in [-0.4, -0.2) is 28.6 Å². The van der Waals surface area contributed by atoms with E-state index in [0.717, 1.165) is 18.2 Å². The zero-order valence-electron chi connectivity index (χ0n) is 12.7. The van der Waals surface area contributed by atoms with Crippen molar-refractivity contribution in [3.05, 3.63) is 30.1 Å². The molecule has 0 saturated heterocycles. The first-order chi connectivity index (χ1) is 9.88. The third-order valence-electron chi connectivity index (χ3n) is 3.97. The van der Waals surface area contributed by atoms with Crippen LogP contribution in [0.3, 0.4) is 0 Å². The Morgan fingerprint density at radius 3 is 2.90 bits per heavy atom. The van der Waals surface area contributed by atoms with Crippen molar-refractivity contribution in [1.82, 2.24) is 10.3 Å². The van der Waals surface area contributed by atoms with Crippen LogP contribution < -0.4 is 5.32 Å². The molecule has 1 aliphatic carbocycles. The van der Waals surface area contributed by atoms with Gasteiger partial charge in [-0.3, -0.25) is 4.98 Å². The van der Waals surface area contributed by atoms with Gasteiger partial charge >= 0.3 is 0 Å². The van der Waals surface area contributed by atoms with Gasteiger partial charge < -0.3 is 5.32 Å². The Morgan fingerprint density at radius 1 is 1.35 bits per heavy atom. The van der Waals surface area contributed by atoms with Crippen LogP contribution in [0.15, 0.2) is 24.5 Å². The van der Waals surface area contributed by atoms with Crippen molar-refractivity contribution in [3.8, 4) is 0 Å². The third kappa shape index (κ3) is 5.84. The predicted molar refractivity (Wildman–Crippen MR) is 89.4 cm³/mol. The van der Waals surface area contributed by atoms with Gasteiger partial charge in [-0.1, -0.05) is 32.3 Å². The van der Waals surface area contributed by atoms with E-state index in [0.29, 0.717) is 6.04 Å². The minimum Gasteiger partial charge on any atom is -0.313 e. The fourth-order valence-corrected chi connectivity index (χ4v) is 4.23. The number of nitrogens with zero attached hydrogens (tertiary/aromatic N) is 1. The highest BCUT2D eigenvalue weighted by Crippen LogP contribution is 2.28. The molecular formula is C17H28N2S. The first-order valence-electron chi connectivity index (χ1n) is 8.12. The molecule has 1 saturated carbocycles. The van der Waals surface area contributed by atoms with Crippen molar-refractivity contribution >= 4 is 11.8 Å². The number of rotatable bonds is 8. The van der Waals surface area contributed by atoms with Gasteiger partial charge in [-0.15, -0.1) is 0 Å². The maximum absolute atomic E-state index is 4.23. The van der Waals surface area contributed by atoms with Crippen molar-refractivity contribution < 1.29 is 0 Å². The minimum atomic E-state index is 0.589. The maximum Gasteiger partial charge on any atom is 0.0300 e. The van der Waals surface area contributed by atoms with Gasteiger partial charge in [-0.25, -0.2) is 0 Å². The highest BCUT2D eigenvalue weighted by atomic mass is 32.2. The van der Waals surface area contributed by atoms with E-state index in [4.69, 9.17) is 0 Å². The summed E-state index contributed by atoms with van der Waals surface area (Å²) in [5.41, 5.74) is 1.35. The van der Waals surface area contributed by atoms with E-state index in [9.17, 15) is 0 Å². The molecule has 20 heavy (non-hydrogen) atoms. The molecule has 0 amide bonds. The van der Waals surface area contributed by atoms with Gasteiger partial charge in [0, 0.05) is 29.4 Å². The van der Waals surface area contributed by atoms with Crippen LogP contribution in [0.4, 0.5) is 0 Å². The van der Waals surface area contributed by atoms with Gasteiger partial charge in [-0.2, -0.15) is 11.8 Å². The average molecular weight is 292 g/mol. The van der Waals surface area contributed by atoms with Gasteiger partial charge in [0.1, 0.15) is 0 Å². The molecule has 1 N–H and O–H groups in total. The number of hydrogen-bond donors (Lipinski definition) is 1. The highest BCUT2D eigenvalue weighted by Gasteiger charge is 2.16. The molecule has 1 aliphatic rings. The number of nitrogens with one attached hydrogen (secondary N) is 1. The molecule has 1 aromatic heterocycles. The summed E-state index contributed by atoms with van der Waals surface area (Å²) < 4.78 is 0. The Kier molecular flexibility index (Phi) is 7.45. The topological polar surface area (TPSA) is 24.9 Å². The maximum atomic E-state index is 4.23. The second-order valence-corrected chi connectivity index (χ2v) is 7.14. The van der Waals surface area contributed by atoms with Crippen LogP contribution in [0.25, 0.3) is 0 Å². The second kappa shape index (κ2) is 9.41. The van der Waals surface area contributed by atoms with Crippen molar-refractivity contribution in [3.63, 3.8) is 0 Å². The van der Waals surface area contributed by atoms with Crippen LogP contribution in [0.5, 0.6) is 0 Å². The first-order valence-corrected chi connectivity index (χ1v) is 9.17. The minimum absolute atomic E-state index is 0.589. The number of hydrogen-bond acceptors (Lipinski definition) is 3. The van der Waals surface area contributed by atoms with E-state index < -0.39 is 0 Å². The van der Waals surface area contributed by atoms with Gasteiger partial charge in [-0.05, 0) is 43.9 Å². The summed E-state index contributed by atoms with van der Waals surface area (Å²) >= 11 is 2.19. The largest absolute Gasteiger partial charge is 0.313 e. The molecule has 2 nitrogen and oxygen atoms in total. The monoisotopic (exact) mass is 292 g/mol. The van der Waals surface area contributed by atoms with Crippen LogP contribution in [0.1, 0.15) is 51.0 Å². The van der Waals surface area contributed by atoms with Crippen molar-refractivity contribution in [2.24, 2.45) is 0 Å². The van der Waals surface area contributed by atoms with Gasteiger partial charge in [0.2, 0.25) is 0 Å². The summed E-state index contributed by atoms with van der Waals surface area (Å²) in [5.74, 6) is 1.24. The Labute approximate surface area is 128 Å². The molecule has 0 radical (unpaired) electrons. The Balaban J connectivity index is 1.79. The third-order valence-corrected chi connectivity index (χ3v) is 5.51. The fourth-order valence-electron chi connectivity index (χ4n) is 2.83. The molecule has 0 bridgehead atoms. The number of aromatic nitrogens is 1. The predicted octanol–water partition coefficient (Wildman–Crippen LogP) is 4.06. The average Bonchev–Trinajstić information content (AvgIpc) is 2.52. The number of thioether (sulfide) groups is 1. The molecule has 0 aromatic carbocycles. The Hall–Kier alpha value is -0.540. The summed E-state index contributed by atoms with van der Waals surface area (Å²) in [7, 11) is 0. The highest BCUT2D eigenvalue weighted by molar-refractivity contribution is 7.99. The summed E-state index contributed by atoms with van der Waals surface area (Å²) in [5, 5.41) is 4.61. The van der Waals surface area contributed by atoms with Crippen LogP contribution in [0, 0.1) is 0 Å². The standard InChI is InChI=1S/C17H28N2S/c1-2-10-19-16(12-15-7-6-11-18-13-15)14-20-17-8-4-3-5-9-17/h6-7,11,13,16-17,19H,2-5,8-10,12,14H2,1H3. The summed E-state index contributed by atoms with van der Waals surface area (Å²) in [4.78, 5) is 4.23. The van der Waals surface area contributed by atoms with Gasteiger partial charge in [0.05, 0.1) is 0 Å². The molecule has 2 rings (SSSR count). The van der Waals surface area contributed by atoms with E-state index >= 15 is 0 Å². The SMILES string of the molecule is CCCNC(CSC1CCCCC1)Cc1cccnc1. The van der Waals surface area contributed by atoms with E-state index in [1.54, 1.807) is 0 Å². The molecule has 0 aliphatic heterocycles. The summed E-state index contributed by atoms with van der Waals surface area (Å²) in [6.07, 6.45) is 13.4. The Morgan fingerprint density at radius 2 is 2.20 bits per heavy atom. The molecule has 1 unspecified atom stereocenters. The van der Waals surface area contributed by atoms with E-state index in [1.165, 1.54) is 49.8 Å². The van der Waals surface area contributed by atoms with Crippen molar-refractivity contribution in [2.75, 3.05) is 12.3 Å². The molecule has 1 atom stereocenters. The first kappa shape index (κ1) is 15.8. The van der Waals surface area contributed by atoms with Crippen molar-refractivity contribution in [2.45, 2.75) is 63.2 Å². The quantitative estimate of drug-likeness (QED) is 0.782.